The molecule has 3 aromatic rings. The van der Waals surface area contributed by atoms with Crippen molar-refractivity contribution in [3.8, 4) is 0 Å². The molecular weight excluding hydrogens is 304 g/mol. The van der Waals surface area contributed by atoms with Crippen molar-refractivity contribution in [3.63, 3.8) is 0 Å². The number of nitrogens with zero attached hydrogens (tertiary/aromatic N) is 3. The van der Waals surface area contributed by atoms with Crippen LogP contribution in [-0.4, -0.2) is 14.5 Å². The average molecular weight is 322 g/mol. The van der Waals surface area contributed by atoms with Gasteiger partial charge in [0, 0.05) is 31.5 Å². The van der Waals surface area contributed by atoms with E-state index in [1.165, 1.54) is 5.56 Å². The maximum absolute atomic E-state index is 11.1. The maximum Gasteiger partial charge on any atom is 0.292 e. The number of nitrogens with one attached hydrogen (secondary N) is 1. The number of rotatable bonds is 6. The van der Waals surface area contributed by atoms with E-state index in [4.69, 9.17) is 0 Å². The smallest absolute Gasteiger partial charge is 0.292 e. The Hall–Kier alpha value is -3.15. The van der Waals surface area contributed by atoms with Crippen LogP contribution in [0.2, 0.25) is 0 Å². The van der Waals surface area contributed by atoms with Gasteiger partial charge in [-0.25, -0.2) is 4.98 Å². The van der Waals surface area contributed by atoms with Crippen LogP contribution in [0.15, 0.2) is 61.2 Å². The second-order valence-corrected chi connectivity index (χ2v) is 5.68. The number of anilines is 1. The summed E-state index contributed by atoms with van der Waals surface area (Å²) in [5, 5.41) is 14.3. The van der Waals surface area contributed by atoms with Crippen LogP contribution in [0.3, 0.4) is 0 Å². The summed E-state index contributed by atoms with van der Waals surface area (Å²) < 4.78 is 2.00. The number of aryl methyl sites for hydroxylation is 1. The van der Waals surface area contributed by atoms with Gasteiger partial charge in [0.2, 0.25) is 0 Å². The lowest BCUT2D eigenvalue weighted by molar-refractivity contribution is -0.384. The lowest BCUT2D eigenvalue weighted by Crippen LogP contribution is -2.03. The van der Waals surface area contributed by atoms with Crippen molar-refractivity contribution >= 4 is 11.4 Å². The van der Waals surface area contributed by atoms with Crippen LogP contribution in [0.25, 0.3) is 0 Å². The van der Waals surface area contributed by atoms with Gasteiger partial charge in [-0.05, 0) is 29.7 Å². The second-order valence-electron chi connectivity index (χ2n) is 5.68. The first-order chi connectivity index (χ1) is 11.6. The van der Waals surface area contributed by atoms with E-state index in [0.29, 0.717) is 12.2 Å². The monoisotopic (exact) mass is 322 g/mol. The van der Waals surface area contributed by atoms with Gasteiger partial charge in [-0.15, -0.1) is 0 Å². The van der Waals surface area contributed by atoms with Gasteiger partial charge in [-0.1, -0.05) is 30.3 Å². The quantitative estimate of drug-likeness (QED) is 0.554. The third-order valence-corrected chi connectivity index (χ3v) is 3.78. The van der Waals surface area contributed by atoms with Crippen LogP contribution in [0.5, 0.6) is 0 Å². The van der Waals surface area contributed by atoms with Gasteiger partial charge in [0.1, 0.15) is 5.69 Å². The van der Waals surface area contributed by atoms with Crippen LogP contribution < -0.4 is 5.32 Å². The number of nitro groups is 1. The Balaban J connectivity index is 1.66. The summed E-state index contributed by atoms with van der Waals surface area (Å²) >= 11 is 0. The Morgan fingerprint density at radius 2 is 1.92 bits per heavy atom. The lowest BCUT2D eigenvalue weighted by Gasteiger charge is -2.09. The van der Waals surface area contributed by atoms with Gasteiger partial charge in [-0.2, -0.15) is 0 Å². The van der Waals surface area contributed by atoms with Crippen LogP contribution in [0.1, 0.15) is 16.7 Å². The highest BCUT2D eigenvalue weighted by Gasteiger charge is 2.13. The molecule has 1 heterocycles. The molecule has 122 valence electrons. The van der Waals surface area contributed by atoms with E-state index in [-0.39, 0.29) is 10.6 Å². The molecule has 0 aliphatic carbocycles. The molecule has 0 spiro atoms. The molecular formula is C18H18N4O2. The zero-order valence-corrected chi connectivity index (χ0v) is 13.3. The third-order valence-electron chi connectivity index (χ3n) is 3.78. The number of nitro benzene ring substituents is 1. The Morgan fingerprint density at radius 3 is 2.58 bits per heavy atom. The predicted molar refractivity (Wildman–Crippen MR) is 92.9 cm³/mol. The van der Waals surface area contributed by atoms with Crippen molar-refractivity contribution < 1.29 is 4.92 Å². The van der Waals surface area contributed by atoms with Gasteiger partial charge in [0.15, 0.2) is 0 Å². The molecule has 24 heavy (non-hydrogen) atoms. The predicted octanol–water partition coefficient (Wildman–Crippen LogP) is 3.76. The molecule has 0 aliphatic heterocycles. The highest BCUT2D eigenvalue weighted by atomic mass is 16.6. The molecule has 0 saturated heterocycles. The maximum atomic E-state index is 11.1. The van der Waals surface area contributed by atoms with E-state index >= 15 is 0 Å². The van der Waals surface area contributed by atoms with Crippen LogP contribution in [0.4, 0.5) is 11.4 Å². The van der Waals surface area contributed by atoms with Crippen LogP contribution in [-0.2, 0) is 13.1 Å². The van der Waals surface area contributed by atoms with E-state index in [1.807, 2.05) is 35.9 Å². The first-order valence-corrected chi connectivity index (χ1v) is 7.64. The number of benzene rings is 2. The normalized spacial score (nSPS) is 10.5. The molecule has 0 saturated carbocycles. The zero-order chi connectivity index (χ0) is 16.9. The zero-order valence-electron chi connectivity index (χ0n) is 13.3. The number of hydrogen-bond acceptors (Lipinski definition) is 4. The summed E-state index contributed by atoms with van der Waals surface area (Å²) in [7, 11) is 0. The van der Waals surface area contributed by atoms with E-state index in [1.54, 1.807) is 24.7 Å². The minimum absolute atomic E-state index is 0.103. The van der Waals surface area contributed by atoms with Crippen molar-refractivity contribution in [2.75, 3.05) is 5.32 Å². The fourth-order valence-electron chi connectivity index (χ4n) is 2.49. The Morgan fingerprint density at radius 1 is 1.17 bits per heavy atom. The van der Waals surface area contributed by atoms with Gasteiger partial charge >= 0.3 is 0 Å². The fraction of sp³-hybridized carbons (Fsp3) is 0.167. The van der Waals surface area contributed by atoms with E-state index in [9.17, 15) is 10.1 Å². The largest absolute Gasteiger partial charge is 0.375 e. The van der Waals surface area contributed by atoms with Crippen molar-refractivity contribution in [1.29, 1.82) is 0 Å². The minimum Gasteiger partial charge on any atom is -0.375 e. The second kappa shape index (κ2) is 6.95. The van der Waals surface area contributed by atoms with Gasteiger partial charge < -0.3 is 9.88 Å². The summed E-state index contributed by atoms with van der Waals surface area (Å²) in [5.41, 5.74) is 3.76. The molecule has 0 amide bonds. The molecule has 1 N–H and O–H groups in total. The molecule has 2 aromatic carbocycles. The molecule has 6 nitrogen and oxygen atoms in total. The number of hydrogen-bond donors (Lipinski definition) is 1. The minimum atomic E-state index is -0.358. The van der Waals surface area contributed by atoms with E-state index in [0.717, 1.165) is 17.7 Å². The van der Waals surface area contributed by atoms with E-state index in [2.05, 4.69) is 22.4 Å². The first-order valence-electron chi connectivity index (χ1n) is 7.64. The van der Waals surface area contributed by atoms with Crippen molar-refractivity contribution in [1.82, 2.24) is 9.55 Å². The van der Waals surface area contributed by atoms with Crippen LogP contribution >= 0.6 is 0 Å². The summed E-state index contributed by atoms with van der Waals surface area (Å²) in [6.07, 6.45) is 5.46. The number of aromatic nitrogens is 2. The first kappa shape index (κ1) is 15.7. The van der Waals surface area contributed by atoms with Crippen molar-refractivity contribution in [3.05, 3.63) is 88.0 Å². The molecule has 0 radical (unpaired) electrons. The molecule has 0 bridgehead atoms. The highest BCUT2D eigenvalue weighted by Crippen LogP contribution is 2.25. The molecule has 0 unspecified atom stereocenters. The average Bonchev–Trinajstić information content (AvgIpc) is 3.08. The molecule has 0 atom stereocenters. The standard InChI is InChI=1S/C18H18N4O2/c1-14-2-7-17(18(10-14)22(23)24)20-11-15-3-5-16(6-4-15)12-21-9-8-19-13-21/h2-10,13,20H,11-12H2,1H3. The molecule has 1 aromatic heterocycles. The van der Waals surface area contributed by atoms with Gasteiger partial charge in [0.25, 0.3) is 5.69 Å². The third kappa shape index (κ3) is 3.78. The Bertz CT molecular complexity index is 827. The topological polar surface area (TPSA) is 73.0 Å². The van der Waals surface area contributed by atoms with Gasteiger partial charge in [-0.3, -0.25) is 10.1 Å². The molecule has 3 rings (SSSR count). The Labute approximate surface area is 139 Å². The molecule has 0 aliphatic rings. The fourth-order valence-corrected chi connectivity index (χ4v) is 2.49. The van der Waals surface area contributed by atoms with Crippen LogP contribution in [0, 0.1) is 17.0 Å². The summed E-state index contributed by atoms with van der Waals surface area (Å²) in [4.78, 5) is 14.8. The summed E-state index contributed by atoms with van der Waals surface area (Å²) in [6, 6.07) is 13.4. The number of imidazole rings is 1. The van der Waals surface area contributed by atoms with Crippen molar-refractivity contribution in [2.45, 2.75) is 20.0 Å². The summed E-state index contributed by atoms with van der Waals surface area (Å²) in [5.74, 6) is 0. The molecule has 0 fully saturated rings. The van der Waals surface area contributed by atoms with E-state index < -0.39 is 0 Å². The van der Waals surface area contributed by atoms with Gasteiger partial charge in [0.05, 0.1) is 11.3 Å². The Kier molecular flexibility index (Phi) is 4.56. The van der Waals surface area contributed by atoms with Crippen molar-refractivity contribution in [2.24, 2.45) is 0 Å². The lowest BCUT2D eigenvalue weighted by atomic mass is 10.1. The summed E-state index contributed by atoms with van der Waals surface area (Å²) in [6.45, 7) is 3.15. The molecule has 6 heteroatoms. The highest BCUT2D eigenvalue weighted by molar-refractivity contribution is 5.62. The SMILES string of the molecule is Cc1ccc(NCc2ccc(Cn3ccnc3)cc2)c([N+](=O)[O-])c1.